The monoisotopic (exact) mass is 544 g/mol. The van der Waals surface area contributed by atoms with Gasteiger partial charge in [0, 0.05) is 69.5 Å². The van der Waals surface area contributed by atoms with Crippen LogP contribution < -0.4 is 15.5 Å². The first-order valence-electron chi connectivity index (χ1n) is 10.3. The van der Waals surface area contributed by atoms with E-state index in [1.165, 1.54) is 9.88 Å². The van der Waals surface area contributed by atoms with Crippen molar-refractivity contribution in [3.8, 4) is 0 Å². The Kier molecular flexibility index (Phi) is 10.7. The zero-order valence-corrected chi connectivity index (χ0v) is 21.2. The third-order valence-electron chi connectivity index (χ3n) is 4.94. The topological polar surface area (TPSA) is 81.6 Å². The summed E-state index contributed by atoms with van der Waals surface area (Å²) in [6, 6.07) is 1.85. The summed E-state index contributed by atoms with van der Waals surface area (Å²) in [6.07, 6.45) is 4.53. The molecule has 0 bridgehead atoms. The molecular weight excluding hydrogens is 511 g/mol. The van der Waals surface area contributed by atoms with E-state index in [0.717, 1.165) is 76.4 Å². The van der Waals surface area contributed by atoms with E-state index in [1.807, 2.05) is 6.07 Å². The lowest BCUT2D eigenvalue weighted by Crippen LogP contribution is -2.47. The smallest absolute Gasteiger partial charge is 0.225 e. The number of aliphatic imine (C=N–C) groups is 1. The molecule has 0 aromatic carbocycles. The van der Waals surface area contributed by atoms with Crippen LogP contribution in [-0.4, -0.2) is 78.2 Å². The molecule has 1 aliphatic rings. The number of rotatable bonds is 8. The summed E-state index contributed by atoms with van der Waals surface area (Å²) in [5, 5.41) is 7.94. The van der Waals surface area contributed by atoms with Gasteiger partial charge in [0.25, 0.3) is 0 Å². The molecule has 2 aromatic heterocycles. The number of halogens is 1. The van der Waals surface area contributed by atoms with Gasteiger partial charge in [-0.25, -0.2) is 15.0 Å². The Morgan fingerprint density at radius 1 is 1.13 bits per heavy atom. The molecule has 0 radical (unpaired) electrons. The highest BCUT2D eigenvalue weighted by molar-refractivity contribution is 14.0. The molecule has 0 unspecified atom stereocenters. The molecule has 0 spiro atoms. The summed E-state index contributed by atoms with van der Waals surface area (Å²) in [5.74, 6) is 1.71. The van der Waals surface area contributed by atoms with Gasteiger partial charge in [0.2, 0.25) is 5.95 Å². The average Bonchev–Trinajstić information content (AvgIpc) is 3.06. The number of guanidine groups is 1. The normalized spacial score (nSPS) is 15.0. The average molecular weight is 545 g/mol. The fourth-order valence-electron chi connectivity index (χ4n) is 3.20. The molecule has 0 aliphatic carbocycles. The van der Waals surface area contributed by atoms with E-state index in [9.17, 15) is 0 Å². The van der Waals surface area contributed by atoms with E-state index in [0.29, 0.717) is 0 Å². The summed E-state index contributed by atoms with van der Waals surface area (Å²) in [7, 11) is 0. The number of aromatic nitrogens is 3. The minimum atomic E-state index is 0. The lowest BCUT2D eigenvalue weighted by molar-refractivity contribution is 0.263. The molecule has 1 fully saturated rings. The van der Waals surface area contributed by atoms with Crippen LogP contribution in [-0.2, 0) is 6.42 Å². The highest BCUT2D eigenvalue weighted by Crippen LogP contribution is 2.16. The molecule has 166 valence electrons. The molecular formula is C20H33IN8S. The number of nitrogens with zero attached hydrogens (tertiary/aromatic N) is 6. The van der Waals surface area contributed by atoms with E-state index in [2.05, 4.69) is 56.2 Å². The van der Waals surface area contributed by atoms with Gasteiger partial charge in [-0.3, -0.25) is 9.89 Å². The Morgan fingerprint density at radius 2 is 1.87 bits per heavy atom. The SMILES string of the molecule is CCNC(=NCCN1CCN(c2ncccn2)CC1)NCCc1nc(C)c(C)s1.I. The maximum absolute atomic E-state index is 4.74. The third-order valence-corrected chi connectivity index (χ3v) is 6.07. The number of thiazole rings is 1. The minimum absolute atomic E-state index is 0. The summed E-state index contributed by atoms with van der Waals surface area (Å²) in [5.41, 5.74) is 1.14. The minimum Gasteiger partial charge on any atom is -0.357 e. The number of hydrogen-bond donors (Lipinski definition) is 2. The molecule has 30 heavy (non-hydrogen) atoms. The van der Waals surface area contributed by atoms with Gasteiger partial charge in [-0.1, -0.05) is 0 Å². The molecule has 2 aromatic rings. The van der Waals surface area contributed by atoms with Crippen molar-refractivity contribution in [3.05, 3.63) is 34.0 Å². The maximum atomic E-state index is 4.74. The zero-order valence-electron chi connectivity index (χ0n) is 18.1. The van der Waals surface area contributed by atoms with Crippen molar-refractivity contribution >= 4 is 47.2 Å². The molecule has 10 heteroatoms. The number of nitrogens with one attached hydrogen (secondary N) is 2. The standard InChI is InChI=1S/C20H32N8S.HI/c1-4-21-19(22-9-6-18-26-16(2)17(3)29-18)23-10-11-27-12-14-28(15-13-27)20-24-7-5-8-25-20;/h5,7-8H,4,6,9-15H2,1-3H3,(H2,21,22,23);1H. The summed E-state index contributed by atoms with van der Waals surface area (Å²) in [6.45, 7) is 13.7. The first-order chi connectivity index (χ1) is 14.2. The third kappa shape index (κ3) is 7.62. The maximum Gasteiger partial charge on any atom is 0.225 e. The Bertz CT molecular complexity index is 755. The van der Waals surface area contributed by atoms with E-state index < -0.39 is 0 Å². The first kappa shape index (κ1) is 24.7. The van der Waals surface area contributed by atoms with Crippen LogP contribution in [0.3, 0.4) is 0 Å². The molecule has 2 N–H and O–H groups in total. The zero-order chi connectivity index (χ0) is 20.5. The van der Waals surface area contributed by atoms with Crippen molar-refractivity contribution in [2.24, 2.45) is 4.99 Å². The molecule has 8 nitrogen and oxygen atoms in total. The van der Waals surface area contributed by atoms with Crippen molar-refractivity contribution < 1.29 is 0 Å². The van der Waals surface area contributed by atoms with Crippen LogP contribution in [0, 0.1) is 13.8 Å². The van der Waals surface area contributed by atoms with Crippen LogP contribution in [0.5, 0.6) is 0 Å². The molecule has 3 heterocycles. The Labute approximate surface area is 200 Å². The molecule has 1 aliphatic heterocycles. The van der Waals surface area contributed by atoms with Crippen molar-refractivity contribution in [2.45, 2.75) is 27.2 Å². The largest absolute Gasteiger partial charge is 0.357 e. The van der Waals surface area contributed by atoms with Gasteiger partial charge in [-0.2, -0.15) is 0 Å². The Hall–Kier alpha value is -1.53. The van der Waals surface area contributed by atoms with Crippen LogP contribution in [0.25, 0.3) is 0 Å². The van der Waals surface area contributed by atoms with Crippen LogP contribution in [0.4, 0.5) is 5.95 Å². The van der Waals surface area contributed by atoms with Crippen LogP contribution in [0.2, 0.25) is 0 Å². The van der Waals surface area contributed by atoms with E-state index in [4.69, 9.17) is 4.99 Å². The Morgan fingerprint density at radius 3 is 2.50 bits per heavy atom. The highest BCUT2D eigenvalue weighted by atomic mass is 127. The summed E-state index contributed by atoms with van der Waals surface area (Å²) >= 11 is 1.78. The molecule has 3 rings (SSSR count). The van der Waals surface area contributed by atoms with Crippen LogP contribution in [0.1, 0.15) is 22.5 Å². The van der Waals surface area contributed by atoms with Crippen LogP contribution in [0.15, 0.2) is 23.5 Å². The predicted molar refractivity (Wildman–Crippen MR) is 135 cm³/mol. The molecule has 1 saturated heterocycles. The summed E-state index contributed by atoms with van der Waals surface area (Å²) in [4.78, 5) is 24.0. The fraction of sp³-hybridized carbons (Fsp3) is 0.600. The number of aryl methyl sites for hydroxylation is 2. The molecule has 0 amide bonds. The molecule has 0 saturated carbocycles. The quantitative estimate of drug-likeness (QED) is 0.299. The first-order valence-corrected chi connectivity index (χ1v) is 11.2. The second-order valence-electron chi connectivity index (χ2n) is 7.06. The lowest BCUT2D eigenvalue weighted by Gasteiger charge is -2.34. The summed E-state index contributed by atoms with van der Waals surface area (Å²) < 4.78 is 0. The van der Waals surface area contributed by atoms with E-state index in [-0.39, 0.29) is 24.0 Å². The fourth-order valence-corrected chi connectivity index (χ4v) is 4.14. The number of anilines is 1. The van der Waals surface area contributed by atoms with Gasteiger partial charge in [-0.15, -0.1) is 35.3 Å². The van der Waals surface area contributed by atoms with Crippen molar-refractivity contribution in [1.29, 1.82) is 0 Å². The van der Waals surface area contributed by atoms with Crippen LogP contribution >= 0.6 is 35.3 Å². The predicted octanol–water partition coefficient (Wildman–Crippen LogP) is 2.09. The van der Waals surface area contributed by atoms with Crippen molar-refractivity contribution in [1.82, 2.24) is 30.5 Å². The lowest BCUT2D eigenvalue weighted by atomic mass is 10.3. The van der Waals surface area contributed by atoms with Gasteiger partial charge in [-0.05, 0) is 26.8 Å². The van der Waals surface area contributed by atoms with E-state index >= 15 is 0 Å². The van der Waals surface area contributed by atoms with E-state index in [1.54, 1.807) is 23.7 Å². The van der Waals surface area contributed by atoms with Crippen molar-refractivity contribution in [2.75, 3.05) is 57.3 Å². The Balaban J connectivity index is 0.00000320. The van der Waals surface area contributed by atoms with Gasteiger partial charge >= 0.3 is 0 Å². The second-order valence-corrected chi connectivity index (χ2v) is 8.35. The molecule has 0 atom stereocenters. The van der Waals surface area contributed by atoms with Gasteiger partial charge < -0.3 is 15.5 Å². The number of piperazine rings is 1. The highest BCUT2D eigenvalue weighted by Gasteiger charge is 2.18. The second kappa shape index (κ2) is 13.0. The number of hydrogen-bond acceptors (Lipinski definition) is 7. The van der Waals surface area contributed by atoms with Gasteiger partial charge in [0.15, 0.2) is 5.96 Å². The van der Waals surface area contributed by atoms with Gasteiger partial charge in [0.05, 0.1) is 17.2 Å². The van der Waals surface area contributed by atoms with Gasteiger partial charge in [0.1, 0.15) is 0 Å². The van der Waals surface area contributed by atoms with Crippen molar-refractivity contribution in [3.63, 3.8) is 0 Å².